The molecule has 1 fully saturated rings. The van der Waals surface area contributed by atoms with Crippen molar-refractivity contribution in [2.45, 2.75) is 24.0 Å². The molecule has 2 heterocycles. The van der Waals surface area contributed by atoms with Crippen molar-refractivity contribution in [3.63, 3.8) is 0 Å². The van der Waals surface area contributed by atoms with Gasteiger partial charge in [0, 0.05) is 38.1 Å². The van der Waals surface area contributed by atoms with Gasteiger partial charge < -0.3 is 24.8 Å². The van der Waals surface area contributed by atoms with E-state index in [4.69, 9.17) is 10.5 Å². The SMILES string of the molecule is COC(=O)c1c(N)c(C#N)cn1-c1cc(N2CCN(C)CC2)ccc1S(=O)(=O)C(C)C. The molecule has 0 radical (unpaired) electrons. The number of nitriles is 1. The van der Waals surface area contributed by atoms with Gasteiger partial charge in [0.1, 0.15) is 6.07 Å². The van der Waals surface area contributed by atoms with Crippen molar-refractivity contribution in [3.05, 3.63) is 35.7 Å². The van der Waals surface area contributed by atoms with E-state index in [0.717, 1.165) is 31.9 Å². The van der Waals surface area contributed by atoms with Crippen LogP contribution in [0, 0.1) is 11.3 Å². The topological polar surface area (TPSA) is 122 Å². The number of esters is 1. The molecular formula is C21H27N5O4S. The number of rotatable bonds is 5. The minimum atomic E-state index is -3.69. The fourth-order valence-corrected chi connectivity index (χ4v) is 4.77. The molecule has 166 valence electrons. The van der Waals surface area contributed by atoms with Crippen molar-refractivity contribution in [1.29, 1.82) is 5.26 Å². The van der Waals surface area contributed by atoms with E-state index < -0.39 is 21.1 Å². The molecule has 1 aromatic heterocycles. The first-order valence-corrected chi connectivity index (χ1v) is 11.5. The van der Waals surface area contributed by atoms with Crippen LogP contribution in [0.1, 0.15) is 29.9 Å². The first-order valence-electron chi connectivity index (χ1n) is 9.92. The molecule has 2 aromatic rings. The number of methoxy groups -OCH3 is 1. The van der Waals surface area contributed by atoms with Crippen LogP contribution in [0.15, 0.2) is 29.3 Å². The summed E-state index contributed by atoms with van der Waals surface area (Å²) in [7, 11) is -0.438. The second-order valence-corrected chi connectivity index (χ2v) is 10.3. The monoisotopic (exact) mass is 445 g/mol. The molecule has 31 heavy (non-hydrogen) atoms. The summed E-state index contributed by atoms with van der Waals surface area (Å²) in [5.74, 6) is -0.753. The average Bonchev–Trinajstić information content (AvgIpc) is 3.09. The average molecular weight is 446 g/mol. The maximum atomic E-state index is 13.1. The molecule has 1 saturated heterocycles. The summed E-state index contributed by atoms with van der Waals surface area (Å²) in [6.07, 6.45) is 1.38. The fourth-order valence-electron chi connectivity index (χ4n) is 3.55. The summed E-state index contributed by atoms with van der Waals surface area (Å²) < 4.78 is 32.5. The second-order valence-electron chi connectivity index (χ2n) is 7.81. The summed E-state index contributed by atoms with van der Waals surface area (Å²) >= 11 is 0. The molecule has 9 nitrogen and oxygen atoms in total. The van der Waals surface area contributed by atoms with Gasteiger partial charge in [-0.3, -0.25) is 0 Å². The Hall–Kier alpha value is -3.03. The number of ether oxygens (including phenoxy) is 1. The minimum Gasteiger partial charge on any atom is -0.464 e. The van der Waals surface area contributed by atoms with E-state index in [1.807, 2.05) is 6.07 Å². The predicted octanol–water partition coefficient (Wildman–Crippen LogP) is 1.65. The van der Waals surface area contributed by atoms with Crippen LogP contribution < -0.4 is 10.6 Å². The molecule has 0 aliphatic carbocycles. The van der Waals surface area contributed by atoms with Gasteiger partial charge in [0.2, 0.25) is 0 Å². The Kier molecular flexibility index (Phi) is 6.29. The molecule has 2 N–H and O–H groups in total. The van der Waals surface area contributed by atoms with E-state index in [1.54, 1.807) is 32.0 Å². The van der Waals surface area contributed by atoms with Gasteiger partial charge in [-0.25, -0.2) is 13.2 Å². The number of nitrogen functional groups attached to an aromatic ring is 1. The molecule has 1 aliphatic heterocycles. The van der Waals surface area contributed by atoms with E-state index in [0.29, 0.717) is 0 Å². The van der Waals surface area contributed by atoms with Crippen LogP contribution in [0.25, 0.3) is 5.69 Å². The smallest absolute Gasteiger partial charge is 0.357 e. The highest BCUT2D eigenvalue weighted by molar-refractivity contribution is 7.92. The standard InChI is InChI=1S/C21H27N5O4S/c1-14(2)31(28,29)18-6-5-16(25-9-7-24(3)8-10-25)11-17(18)26-13-15(12-22)19(23)20(26)21(27)30-4/h5-6,11,13-14H,7-10,23H2,1-4H3. The van der Waals surface area contributed by atoms with E-state index >= 15 is 0 Å². The lowest BCUT2D eigenvalue weighted by Gasteiger charge is -2.34. The van der Waals surface area contributed by atoms with Gasteiger partial charge >= 0.3 is 5.97 Å². The Morgan fingerprint density at radius 1 is 1.23 bits per heavy atom. The zero-order chi connectivity index (χ0) is 22.9. The maximum absolute atomic E-state index is 13.1. The Balaban J connectivity index is 2.28. The van der Waals surface area contributed by atoms with Gasteiger partial charge in [-0.05, 0) is 39.1 Å². The Labute approximate surface area is 182 Å². The number of hydrogen-bond acceptors (Lipinski definition) is 8. The highest BCUT2D eigenvalue weighted by Crippen LogP contribution is 2.33. The summed E-state index contributed by atoms with van der Waals surface area (Å²) in [6.45, 7) is 6.52. The predicted molar refractivity (Wildman–Crippen MR) is 118 cm³/mol. The zero-order valence-corrected chi connectivity index (χ0v) is 18.9. The number of sulfone groups is 1. The lowest BCUT2D eigenvalue weighted by Crippen LogP contribution is -2.44. The van der Waals surface area contributed by atoms with Crippen molar-refractivity contribution in [2.75, 3.05) is 51.0 Å². The van der Waals surface area contributed by atoms with Crippen LogP contribution in [0.5, 0.6) is 0 Å². The molecular weight excluding hydrogens is 418 g/mol. The number of carbonyl (C=O) groups is 1. The molecule has 0 atom stereocenters. The number of likely N-dealkylation sites (N-methyl/N-ethyl adjacent to an activating group) is 1. The number of anilines is 2. The van der Waals surface area contributed by atoms with Crippen LogP contribution in [0.4, 0.5) is 11.4 Å². The molecule has 10 heteroatoms. The Morgan fingerprint density at radius 3 is 2.42 bits per heavy atom. The van der Waals surface area contributed by atoms with Gasteiger partial charge in [0.15, 0.2) is 15.5 Å². The molecule has 0 amide bonds. The van der Waals surface area contributed by atoms with Crippen molar-refractivity contribution in [3.8, 4) is 11.8 Å². The number of benzene rings is 1. The zero-order valence-electron chi connectivity index (χ0n) is 18.1. The van der Waals surface area contributed by atoms with Crippen LogP contribution in [-0.2, 0) is 14.6 Å². The minimum absolute atomic E-state index is 0.0488. The quantitative estimate of drug-likeness (QED) is 0.690. The number of carbonyl (C=O) groups excluding carboxylic acids is 1. The molecule has 1 aliphatic rings. The number of piperazine rings is 1. The van der Waals surface area contributed by atoms with E-state index in [2.05, 4.69) is 16.8 Å². The second kappa shape index (κ2) is 8.61. The highest BCUT2D eigenvalue weighted by atomic mass is 32.2. The Morgan fingerprint density at radius 2 is 1.87 bits per heavy atom. The third-order valence-electron chi connectivity index (χ3n) is 5.54. The molecule has 0 saturated carbocycles. The molecule has 0 bridgehead atoms. The largest absolute Gasteiger partial charge is 0.464 e. The number of aromatic nitrogens is 1. The van der Waals surface area contributed by atoms with Crippen LogP contribution in [0.3, 0.4) is 0 Å². The highest BCUT2D eigenvalue weighted by Gasteiger charge is 2.29. The van der Waals surface area contributed by atoms with Crippen molar-refractivity contribution in [1.82, 2.24) is 9.47 Å². The lowest BCUT2D eigenvalue weighted by atomic mass is 10.2. The number of nitrogens with two attached hydrogens (primary N) is 1. The first kappa shape index (κ1) is 22.7. The fraction of sp³-hybridized carbons (Fsp3) is 0.429. The van der Waals surface area contributed by atoms with Gasteiger partial charge in [0.25, 0.3) is 0 Å². The van der Waals surface area contributed by atoms with E-state index in [1.165, 1.54) is 17.9 Å². The van der Waals surface area contributed by atoms with Gasteiger partial charge in [-0.1, -0.05) is 0 Å². The molecule has 3 rings (SSSR count). The summed E-state index contributed by atoms with van der Waals surface area (Å²) in [4.78, 5) is 16.9. The van der Waals surface area contributed by atoms with Crippen LogP contribution >= 0.6 is 0 Å². The number of nitrogens with zero attached hydrogens (tertiary/aromatic N) is 4. The summed E-state index contributed by atoms with van der Waals surface area (Å²) in [5.41, 5.74) is 7.07. The van der Waals surface area contributed by atoms with Crippen LogP contribution in [0.2, 0.25) is 0 Å². The van der Waals surface area contributed by atoms with E-state index in [-0.39, 0.29) is 27.5 Å². The lowest BCUT2D eigenvalue weighted by molar-refractivity contribution is 0.0593. The van der Waals surface area contributed by atoms with Crippen molar-refractivity contribution < 1.29 is 17.9 Å². The molecule has 0 unspecified atom stereocenters. The maximum Gasteiger partial charge on any atom is 0.357 e. The Bertz CT molecular complexity index is 1140. The normalized spacial score (nSPS) is 15.2. The third kappa shape index (κ3) is 4.11. The van der Waals surface area contributed by atoms with Gasteiger partial charge in [-0.15, -0.1) is 0 Å². The van der Waals surface area contributed by atoms with Gasteiger partial charge in [0.05, 0.1) is 34.2 Å². The third-order valence-corrected chi connectivity index (χ3v) is 7.74. The van der Waals surface area contributed by atoms with Crippen LogP contribution in [-0.4, -0.2) is 69.4 Å². The summed E-state index contributed by atoms with van der Waals surface area (Å²) in [5, 5.41) is 8.76. The molecule has 0 spiro atoms. The molecule has 1 aromatic carbocycles. The summed E-state index contributed by atoms with van der Waals surface area (Å²) in [6, 6.07) is 7.01. The number of hydrogen-bond donors (Lipinski definition) is 1. The first-order chi connectivity index (χ1) is 14.6. The van der Waals surface area contributed by atoms with Crippen molar-refractivity contribution >= 4 is 27.2 Å². The van der Waals surface area contributed by atoms with E-state index in [9.17, 15) is 18.5 Å². The van der Waals surface area contributed by atoms with Gasteiger partial charge in [-0.2, -0.15) is 5.26 Å². The van der Waals surface area contributed by atoms with Crippen molar-refractivity contribution in [2.24, 2.45) is 0 Å².